The Morgan fingerprint density at radius 1 is 1.10 bits per heavy atom. The molecule has 9 heteroatoms. The molecule has 6 atom stereocenters. The maximum Gasteiger partial charge on any atom is 0.186 e. The Bertz CT molecular complexity index is 1470. The van der Waals surface area contributed by atoms with Crippen molar-refractivity contribution in [3.8, 4) is 35.2 Å². The number of nitrogens with zero attached hydrogens (tertiary/aromatic N) is 1. The minimum atomic E-state index is -0.252. The zero-order valence-corrected chi connectivity index (χ0v) is 30.4. The molecule has 1 saturated carbocycles. The molecule has 0 amide bonds. The number of carbonyl (C=O) groups is 1. The smallest absolute Gasteiger partial charge is 0.186 e. The number of aromatic hydroxyl groups is 1. The maximum atomic E-state index is 13.5. The minimum Gasteiger partial charge on any atom is -0.504 e. The Morgan fingerprint density at radius 2 is 1.86 bits per heavy atom. The fourth-order valence-electron chi connectivity index (χ4n) is 7.95. The Labute approximate surface area is 299 Å². The van der Waals surface area contributed by atoms with E-state index in [1.165, 1.54) is 0 Å². The van der Waals surface area contributed by atoms with Gasteiger partial charge in [-0.15, -0.1) is 11.8 Å². The summed E-state index contributed by atoms with van der Waals surface area (Å²) in [6.07, 6.45) is 11.9. The molecule has 1 aromatic carbocycles. The van der Waals surface area contributed by atoms with Crippen LogP contribution in [0, 0.1) is 47.4 Å². The highest BCUT2D eigenvalue weighted by molar-refractivity contribution is 5.90. The number of aliphatic hydroxyl groups is 2. The number of benzene rings is 1. The van der Waals surface area contributed by atoms with Crippen molar-refractivity contribution in [1.82, 2.24) is 0 Å². The first-order chi connectivity index (χ1) is 24.2. The lowest BCUT2D eigenvalue weighted by Gasteiger charge is -2.33. The highest BCUT2D eigenvalue weighted by Gasteiger charge is 2.34. The van der Waals surface area contributed by atoms with Gasteiger partial charge in [0.15, 0.2) is 23.2 Å². The number of hydrogen-bond donors (Lipinski definition) is 5. The van der Waals surface area contributed by atoms with E-state index in [-0.39, 0.29) is 72.9 Å². The van der Waals surface area contributed by atoms with E-state index in [2.05, 4.69) is 35.6 Å². The molecule has 7 N–H and O–H groups in total. The van der Waals surface area contributed by atoms with Crippen LogP contribution in [0.5, 0.6) is 11.5 Å². The molecule has 50 heavy (non-hydrogen) atoms. The summed E-state index contributed by atoms with van der Waals surface area (Å²) in [4.78, 5) is 18.1. The molecule has 5 rings (SSSR count). The number of allylic oxidation sites excluding steroid dienone is 1. The van der Waals surface area contributed by atoms with E-state index in [1.54, 1.807) is 13.2 Å². The summed E-state index contributed by atoms with van der Waals surface area (Å²) < 4.78 is 12.4. The SMILES string of the molecule is CC[C@@H](CCO)C(=CC(=O)CCc1cc(OC2CCCC2)c(O)c2c1C#C[C@H]1CC#CC[C@H](C)CC[C@@H]2[C@@H](COC)CC[C@@H]1N=C(N)N)CO. The second kappa shape index (κ2) is 19.8. The zero-order valence-electron chi connectivity index (χ0n) is 30.4. The van der Waals surface area contributed by atoms with E-state index >= 15 is 0 Å². The molecule has 0 saturated heterocycles. The quantitative estimate of drug-likeness (QED) is 0.0741. The summed E-state index contributed by atoms with van der Waals surface area (Å²) in [6.45, 7) is 4.47. The van der Waals surface area contributed by atoms with Crippen molar-refractivity contribution in [2.45, 2.75) is 122 Å². The van der Waals surface area contributed by atoms with E-state index in [0.717, 1.165) is 74.5 Å². The summed E-state index contributed by atoms with van der Waals surface area (Å²) >= 11 is 0. The number of aliphatic imine (C=N–C) groups is 1. The van der Waals surface area contributed by atoms with Crippen LogP contribution in [0.3, 0.4) is 0 Å². The average Bonchev–Trinajstić information content (AvgIpc) is 3.61. The number of rotatable bonds is 14. The van der Waals surface area contributed by atoms with Crippen molar-refractivity contribution < 1.29 is 29.6 Å². The highest BCUT2D eigenvalue weighted by atomic mass is 16.5. The number of phenolic OH excluding ortho intramolecular Hbond substituents is 1. The molecule has 0 aromatic heterocycles. The van der Waals surface area contributed by atoms with Crippen LogP contribution in [0.25, 0.3) is 0 Å². The molecule has 274 valence electrons. The van der Waals surface area contributed by atoms with Crippen LogP contribution in [-0.4, -0.2) is 66.1 Å². The van der Waals surface area contributed by atoms with E-state index < -0.39 is 0 Å². The molecule has 4 aliphatic rings. The molecule has 0 heterocycles. The molecule has 0 aliphatic heterocycles. The van der Waals surface area contributed by atoms with Crippen LogP contribution < -0.4 is 16.2 Å². The van der Waals surface area contributed by atoms with Gasteiger partial charge >= 0.3 is 0 Å². The molecular formula is C41H59N3O6. The summed E-state index contributed by atoms with van der Waals surface area (Å²) in [5.41, 5.74) is 14.9. The summed E-state index contributed by atoms with van der Waals surface area (Å²) in [6, 6.07) is 1.64. The average molecular weight is 690 g/mol. The number of phenols is 1. The number of guanidine groups is 1. The van der Waals surface area contributed by atoms with Gasteiger partial charge in [0.2, 0.25) is 0 Å². The number of carbonyl (C=O) groups excluding carboxylic acids is 1. The number of hydrogen-bond acceptors (Lipinski definition) is 7. The molecule has 1 aromatic rings. The largest absolute Gasteiger partial charge is 0.504 e. The lowest BCUT2D eigenvalue weighted by atomic mass is 9.74. The Hall–Kier alpha value is -3.50. The third kappa shape index (κ3) is 10.8. The molecule has 1 fully saturated rings. The zero-order chi connectivity index (χ0) is 36.0. The number of fused-ring (bicyclic) bond motifs is 8. The maximum absolute atomic E-state index is 13.5. The molecule has 4 aliphatic carbocycles. The number of aryl methyl sites for hydroxylation is 1. The monoisotopic (exact) mass is 689 g/mol. The van der Waals surface area contributed by atoms with Crippen molar-refractivity contribution in [2.24, 2.45) is 40.1 Å². The van der Waals surface area contributed by atoms with Gasteiger partial charge in [0.1, 0.15) is 0 Å². The molecule has 9 nitrogen and oxygen atoms in total. The fourth-order valence-corrected chi connectivity index (χ4v) is 7.95. The summed E-state index contributed by atoms with van der Waals surface area (Å²) in [7, 11) is 1.71. The molecule has 0 unspecified atom stereocenters. The lowest BCUT2D eigenvalue weighted by molar-refractivity contribution is -0.114. The van der Waals surface area contributed by atoms with Gasteiger partial charge in [-0.2, -0.15) is 0 Å². The third-order valence-electron chi connectivity index (χ3n) is 10.8. The third-order valence-corrected chi connectivity index (χ3v) is 10.8. The van der Waals surface area contributed by atoms with Gasteiger partial charge in [-0.25, -0.2) is 4.99 Å². The Balaban J connectivity index is 1.91. The van der Waals surface area contributed by atoms with Gasteiger partial charge in [0.25, 0.3) is 0 Å². The second-order valence-corrected chi connectivity index (χ2v) is 14.5. The summed E-state index contributed by atoms with van der Waals surface area (Å²) in [5, 5.41) is 31.8. The minimum absolute atomic E-state index is 0.00719. The van der Waals surface area contributed by atoms with Gasteiger partial charge in [-0.05, 0) is 118 Å². The van der Waals surface area contributed by atoms with Gasteiger partial charge in [0, 0.05) is 50.7 Å². The van der Waals surface area contributed by atoms with Crippen molar-refractivity contribution in [2.75, 3.05) is 26.9 Å². The first-order valence-electron chi connectivity index (χ1n) is 18.7. The van der Waals surface area contributed by atoms with Crippen LogP contribution in [0.2, 0.25) is 0 Å². The predicted octanol–water partition coefficient (Wildman–Crippen LogP) is 5.51. The van der Waals surface area contributed by atoms with Crippen LogP contribution in [0.15, 0.2) is 22.7 Å². The topological polar surface area (TPSA) is 161 Å². The number of ether oxygens (including phenoxy) is 2. The standard InChI is InChI=1S/C41H59N3O6/c1-4-28(21-22-45)32(25-46)23-33(47)17-14-30-24-38(50-34-11-7-8-12-34)40(48)39-35(30)19-15-29-10-6-5-9-27(2)13-18-36(39)31(26-49-3)16-20-37(29)44-41(42)43/h23-24,27-29,31,34,36-37,45-46,48H,4,7-14,16-18,20-22,25-26H2,1-3H3,(H4,42,43,44)/t27-,28-,29+,31+,36+,37-/m0/s1. The number of ketones is 1. The van der Waals surface area contributed by atoms with E-state index in [1.807, 2.05) is 13.0 Å². The summed E-state index contributed by atoms with van der Waals surface area (Å²) in [5.74, 6) is 14.3. The van der Waals surface area contributed by atoms with E-state index in [0.29, 0.717) is 49.5 Å². The first-order valence-corrected chi connectivity index (χ1v) is 18.7. The van der Waals surface area contributed by atoms with Crippen LogP contribution >= 0.6 is 0 Å². The lowest BCUT2D eigenvalue weighted by Crippen LogP contribution is -2.30. The second-order valence-electron chi connectivity index (χ2n) is 14.5. The molecular weight excluding hydrogens is 630 g/mol. The fraction of sp³-hybridized carbons (Fsp3) is 0.659. The van der Waals surface area contributed by atoms with Gasteiger partial charge < -0.3 is 36.3 Å². The Kier molecular flexibility index (Phi) is 15.5. The molecule has 2 bridgehead atoms. The van der Waals surface area contributed by atoms with Crippen molar-refractivity contribution >= 4 is 11.7 Å². The van der Waals surface area contributed by atoms with E-state index in [9.17, 15) is 20.1 Å². The predicted molar refractivity (Wildman–Crippen MR) is 198 cm³/mol. The van der Waals surface area contributed by atoms with E-state index in [4.69, 9.17) is 20.9 Å². The number of aliphatic hydroxyl groups excluding tert-OH is 2. The van der Waals surface area contributed by atoms with Crippen molar-refractivity contribution in [3.63, 3.8) is 0 Å². The first kappa shape index (κ1) is 39.3. The van der Waals surface area contributed by atoms with Crippen LogP contribution in [0.1, 0.15) is 120 Å². The molecule has 0 radical (unpaired) electrons. The van der Waals surface area contributed by atoms with Gasteiger partial charge in [0.05, 0.1) is 24.7 Å². The number of methoxy groups -OCH3 is 1. The van der Waals surface area contributed by atoms with Crippen molar-refractivity contribution in [1.29, 1.82) is 0 Å². The number of nitrogens with two attached hydrogens (primary N) is 2. The highest BCUT2D eigenvalue weighted by Crippen LogP contribution is 2.47. The van der Waals surface area contributed by atoms with Crippen molar-refractivity contribution in [3.05, 3.63) is 34.4 Å². The Morgan fingerprint density at radius 3 is 2.54 bits per heavy atom. The van der Waals surface area contributed by atoms with Crippen LogP contribution in [-0.2, 0) is 16.0 Å². The molecule has 0 spiro atoms. The normalized spacial score (nSPS) is 24.8. The van der Waals surface area contributed by atoms with Gasteiger partial charge in [-0.1, -0.05) is 25.7 Å². The van der Waals surface area contributed by atoms with Crippen LogP contribution in [0.4, 0.5) is 0 Å². The van der Waals surface area contributed by atoms with Gasteiger partial charge in [-0.3, -0.25) is 4.79 Å².